The first-order chi connectivity index (χ1) is 9.79. The highest BCUT2D eigenvalue weighted by atomic mass is 79.9. The summed E-state index contributed by atoms with van der Waals surface area (Å²) in [4.78, 5) is 11.1. The first-order valence-electron chi connectivity index (χ1n) is 5.84. The third-order valence-electron chi connectivity index (χ3n) is 2.91. The van der Waals surface area contributed by atoms with Crippen LogP contribution in [0.3, 0.4) is 0 Å². The molecule has 2 aromatic carbocycles. The van der Waals surface area contributed by atoms with Crippen molar-refractivity contribution in [3.05, 3.63) is 51.5 Å². The van der Waals surface area contributed by atoms with Crippen molar-refractivity contribution in [3.63, 3.8) is 0 Å². The molecule has 0 bridgehead atoms. The smallest absolute Gasteiger partial charge is 0.337 e. The molecule has 4 nitrogen and oxygen atoms in total. The van der Waals surface area contributed by atoms with Crippen LogP contribution < -0.4 is 11.1 Å². The number of hydrogen-bond acceptors (Lipinski definition) is 3. The molecule has 0 radical (unpaired) electrons. The Kier molecular flexibility index (Phi) is 4.13. The molecule has 2 aromatic rings. The molecule has 4 N–H and O–H groups in total. The van der Waals surface area contributed by atoms with E-state index in [9.17, 15) is 13.6 Å². The highest BCUT2D eigenvalue weighted by Crippen LogP contribution is 2.29. The van der Waals surface area contributed by atoms with Crippen molar-refractivity contribution in [2.75, 3.05) is 11.1 Å². The van der Waals surface area contributed by atoms with Gasteiger partial charge >= 0.3 is 5.97 Å². The number of anilines is 3. The third-order valence-corrected chi connectivity index (χ3v) is 3.51. The van der Waals surface area contributed by atoms with Crippen molar-refractivity contribution in [3.8, 4) is 0 Å². The predicted molar refractivity (Wildman–Crippen MR) is 79.9 cm³/mol. The minimum Gasteiger partial charge on any atom is -0.478 e. The fourth-order valence-corrected chi connectivity index (χ4v) is 2.14. The number of aryl methyl sites for hydroxylation is 1. The van der Waals surface area contributed by atoms with E-state index in [1.165, 1.54) is 6.07 Å². The number of rotatable bonds is 3. The largest absolute Gasteiger partial charge is 0.478 e. The van der Waals surface area contributed by atoms with E-state index in [1.54, 1.807) is 13.0 Å². The average Bonchev–Trinajstić information content (AvgIpc) is 2.39. The van der Waals surface area contributed by atoms with Crippen LogP contribution in [-0.2, 0) is 0 Å². The maximum atomic E-state index is 13.8. The van der Waals surface area contributed by atoms with E-state index in [0.29, 0.717) is 11.3 Å². The zero-order valence-corrected chi connectivity index (χ0v) is 12.5. The number of nitrogen functional groups attached to an aromatic ring is 1. The molecule has 0 unspecified atom stereocenters. The zero-order chi connectivity index (χ0) is 15.7. The Labute approximate surface area is 127 Å². The number of carboxylic acids is 1. The van der Waals surface area contributed by atoms with Crippen LogP contribution in [-0.4, -0.2) is 11.1 Å². The number of hydrogen-bond donors (Lipinski definition) is 3. The zero-order valence-electron chi connectivity index (χ0n) is 10.9. The molecule has 0 aromatic heterocycles. The van der Waals surface area contributed by atoms with E-state index in [4.69, 9.17) is 10.8 Å². The quantitative estimate of drug-likeness (QED) is 0.572. The van der Waals surface area contributed by atoms with Crippen molar-refractivity contribution < 1.29 is 18.7 Å². The highest BCUT2D eigenvalue weighted by Gasteiger charge is 2.14. The minimum absolute atomic E-state index is 0.00487. The lowest BCUT2D eigenvalue weighted by atomic mass is 10.1. The van der Waals surface area contributed by atoms with E-state index >= 15 is 0 Å². The van der Waals surface area contributed by atoms with Gasteiger partial charge in [0.25, 0.3) is 0 Å². The van der Waals surface area contributed by atoms with Gasteiger partial charge in [-0.05, 0) is 46.6 Å². The van der Waals surface area contributed by atoms with Crippen LogP contribution in [0.25, 0.3) is 0 Å². The van der Waals surface area contributed by atoms with E-state index in [0.717, 1.165) is 12.1 Å². The SMILES string of the molecule is Cc1cc(Nc2cc(F)c(Br)cc2F)cc(C(=O)O)c1N. The van der Waals surface area contributed by atoms with Crippen LogP contribution >= 0.6 is 15.9 Å². The second-order valence-electron chi connectivity index (χ2n) is 4.43. The topological polar surface area (TPSA) is 75.3 Å². The first-order valence-corrected chi connectivity index (χ1v) is 6.64. The number of benzene rings is 2. The van der Waals surface area contributed by atoms with E-state index in [2.05, 4.69) is 21.2 Å². The second-order valence-corrected chi connectivity index (χ2v) is 5.29. The molecule has 0 atom stereocenters. The number of halogens is 3. The Balaban J connectivity index is 2.45. The summed E-state index contributed by atoms with van der Waals surface area (Å²) < 4.78 is 27.2. The van der Waals surface area contributed by atoms with Crippen LogP contribution in [0.5, 0.6) is 0 Å². The van der Waals surface area contributed by atoms with Crippen molar-refractivity contribution >= 4 is 39.0 Å². The monoisotopic (exact) mass is 356 g/mol. The van der Waals surface area contributed by atoms with Gasteiger partial charge in [-0.15, -0.1) is 0 Å². The summed E-state index contributed by atoms with van der Waals surface area (Å²) >= 11 is 2.88. The van der Waals surface area contributed by atoms with E-state index < -0.39 is 17.6 Å². The summed E-state index contributed by atoms with van der Waals surface area (Å²) in [6.07, 6.45) is 0. The van der Waals surface area contributed by atoms with Gasteiger partial charge in [0, 0.05) is 17.4 Å². The Morgan fingerprint density at radius 3 is 2.52 bits per heavy atom. The van der Waals surface area contributed by atoms with Crippen molar-refractivity contribution in [2.24, 2.45) is 0 Å². The number of aromatic carboxylic acids is 1. The molecule has 0 amide bonds. The van der Waals surface area contributed by atoms with Gasteiger partial charge in [-0.2, -0.15) is 0 Å². The molecular formula is C14H11BrF2N2O2. The van der Waals surface area contributed by atoms with Gasteiger partial charge in [-0.1, -0.05) is 0 Å². The summed E-state index contributed by atoms with van der Waals surface area (Å²) in [5.41, 5.74) is 6.43. The molecule has 0 fully saturated rings. The maximum Gasteiger partial charge on any atom is 0.337 e. The van der Waals surface area contributed by atoms with Gasteiger partial charge < -0.3 is 16.2 Å². The van der Waals surface area contributed by atoms with Crippen LogP contribution in [0.15, 0.2) is 28.7 Å². The molecule has 0 spiro atoms. The lowest BCUT2D eigenvalue weighted by Gasteiger charge is -2.12. The molecule has 110 valence electrons. The fraction of sp³-hybridized carbons (Fsp3) is 0.0714. The molecule has 0 heterocycles. The highest BCUT2D eigenvalue weighted by molar-refractivity contribution is 9.10. The summed E-state index contributed by atoms with van der Waals surface area (Å²) in [6.45, 7) is 1.63. The lowest BCUT2D eigenvalue weighted by molar-refractivity contribution is 0.0698. The predicted octanol–water partition coefficient (Wildman–Crippen LogP) is 4.06. The molecule has 0 aliphatic rings. The lowest BCUT2D eigenvalue weighted by Crippen LogP contribution is -2.06. The van der Waals surface area contributed by atoms with E-state index in [-0.39, 0.29) is 21.4 Å². The summed E-state index contributed by atoms with van der Waals surface area (Å²) in [6, 6.07) is 4.79. The molecule has 0 aliphatic heterocycles. The van der Waals surface area contributed by atoms with Crippen molar-refractivity contribution in [2.45, 2.75) is 6.92 Å². The van der Waals surface area contributed by atoms with Gasteiger partial charge in [-0.3, -0.25) is 0 Å². The number of carboxylic acid groups (broad SMARTS) is 1. The Morgan fingerprint density at radius 1 is 1.24 bits per heavy atom. The molecule has 0 saturated carbocycles. The molecule has 7 heteroatoms. The number of nitrogens with two attached hydrogens (primary N) is 1. The molecule has 2 rings (SSSR count). The van der Waals surface area contributed by atoms with E-state index in [1.807, 2.05) is 0 Å². The van der Waals surface area contributed by atoms with Crippen molar-refractivity contribution in [1.82, 2.24) is 0 Å². The van der Waals surface area contributed by atoms with Gasteiger partial charge in [0.05, 0.1) is 15.7 Å². The molecule has 21 heavy (non-hydrogen) atoms. The van der Waals surface area contributed by atoms with Crippen molar-refractivity contribution in [1.29, 1.82) is 0 Å². The second kappa shape index (κ2) is 5.69. The summed E-state index contributed by atoms with van der Waals surface area (Å²) in [5.74, 6) is -2.50. The van der Waals surface area contributed by atoms with Gasteiger partial charge in [0.1, 0.15) is 11.6 Å². The third kappa shape index (κ3) is 3.13. The standard InChI is InChI=1S/C14H11BrF2N2O2/c1-6-2-7(3-8(13(6)18)14(20)21)19-12-5-10(16)9(15)4-11(12)17/h2-5,19H,18H2,1H3,(H,20,21). The molecule has 0 saturated heterocycles. The normalized spacial score (nSPS) is 10.5. The Morgan fingerprint density at radius 2 is 1.90 bits per heavy atom. The van der Waals surface area contributed by atoms with Crippen LogP contribution in [0.1, 0.15) is 15.9 Å². The number of carbonyl (C=O) groups is 1. The first kappa shape index (κ1) is 15.2. The van der Waals surface area contributed by atoms with Crippen LogP contribution in [0.4, 0.5) is 25.8 Å². The Bertz CT molecular complexity index is 735. The number of nitrogens with one attached hydrogen (secondary N) is 1. The average molecular weight is 357 g/mol. The van der Waals surface area contributed by atoms with Crippen LogP contribution in [0.2, 0.25) is 0 Å². The summed E-state index contributed by atoms with van der Waals surface area (Å²) in [5, 5.41) is 11.7. The van der Waals surface area contributed by atoms with Gasteiger partial charge in [0.15, 0.2) is 0 Å². The Hall–Kier alpha value is -2.15. The van der Waals surface area contributed by atoms with Crippen LogP contribution in [0, 0.1) is 18.6 Å². The van der Waals surface area contributed by atoms with Gasteiger partial charge in [0.2, 0.25) is 0 Å². The summed E-state index contributed by atoms with van der Waals surface area (Å²) in [7, 11) is 0. The molecular weight excluding hydrogens is 346 g/mol. The van der Waals surface area contributed by atoms with Gasteiger partial charge in [-0.25, -0.2) is 13.6 Å². The maximum absolute atomic E-state index is 13.8. The minimum atomic E-state index is -1.19. The fourth-order valence-electron chi connectivity index (χ4n) is 1.82. The molecule has 0 aliphatic carbocycles.